The summed E-state index contributed by atoms with van der Waals surface area (Å²) >= 11 is 0. The van der Waals surface area contributed by atoms with Gasteiger partial charge in [-0.05, 0) is 70.3 Å². The van der Waals surface area contributed by atoms with Crippen LogP contribution in [0, 0.1) is 0 Å². The van der Waals surface area contributed by atoms with Crippen molar-refractivity contribution in [3.63, 3.8) is 0 Å². The lowest BCUT2D eigenvalue weighted by Gasteiger charge is -2.09. The highest BCUT2D eigenvalue weighted by molar-refractivity contribution is 6.12. The highest BCUT2D eigenvalue weighted by Crippen LogP contribution is 2.41. The van der Waals surface area contributed by atoms with Crippen LogP contribution in [0.1, 0.15) is 0 Å². The summed E-state index contributed by atoms with van der Waals surface area (Å²) in [4.78, 5) is 10.3. The normalized spacial score (nSPS) is 11.6. The smallest absolute Gasteiger partial charge is 0.180 e. The van der Waals surface area contributed by atoms with E-state index in [0.717, 1.165) is 66.8 Å². The van der Waals surface area contributed by atoms with Crippen LogP contribution >= 0.6 is 0 Å². The molecule has 3 aromatic heterocycles. The van der Waals surface area contributed by atoms with Gasteiger partial charge >= 0.3 is 0 Å². The fourth-order valence-corrected chi connectivity index (χ4v) is 8.13. The van der Waals surface area contributed by atoms with Crippen molar-refractivity contribution in [1.82, 2.24) is 14.5 Å². The van der Waals surface area contributed by atoms with Crippen LogP contribution < -0.4 is 0 Å². The average Bonchev–Trinajstić information content (AvgIpc) is 3.83. The molecule has 0 saturated carbocycles. The molecule has 0 amide bonds. The number of hydrogen-bond acceptors (Lipinski definition) is 3. The number of hydrogen-bond donors (Lipinski definition) is 0. The molecule has 4 heteroatoms. The molecule has 0 bridgehead atoms. The quantitative estimate of drug-likeness (QED) is 0.172. The summed E-state index contributed by atoms with van der Waals surface area (Å²) in [5.74, 6) is 0.666. The van der Waals surface area contributed by atoms with E-state index in [-0.39, 0.29) is 0 Å². The molecule has 262 valence electrons. The summed E-state index contributed by atoms with van der Waals surface area (Å²) in [5, 5.41) is 3.42. The summed E-state index contributed by atoms with van der Waals surface area (Å²) in [6.07, 6.45) is 0. The second-order valence-corrected chi connectivity index (χ2v) is 14.2. The van der Waals surface area contributed by atoms with Gasteiger partial charge in [0.05, 0.1) is 11.0 Å². The Balaban J connectivity index is 1.05. The number of furan rings is 1. The van der Waals surface area contributed by atoms with Crippen LogP contribution in [0.25, 0.3) is 106 Å². The minimum absolute atomic E-state index is 0.666. The lowest BCUT2D eigenvalue weighted by Crippen LogP contribution is -1.93. The first kappa shape index (κ1) is 31.9. The van der Waals surface area contributed by atoms with Crippen LogP contribution in [0.5, 0.6) is 0 Å². The van der Waals surface area contributed by atoms with Crippen molar-refractivity contribution in [3.8, 4) is 61.7 Å². The molecule has 0 N–H and O–H groups in total. The summed E-state index contributed by atoms with van der Waals surface area (Å²) in [6, 6.07) is 70.3. The van der Waals surface area contributed by atoms with E-state index in [9.17, 15) is 0 Å². The largest absolute Gasteiger partial charge is 0.451 e. The number of aromatic nitrogens is 3. The van der Waals surface area contributed by atoms with Crippen LogP contribution in [-0.4, -0.2) is 14.5 Å². The molecule has 0 aliphatic carbocycles. The third-order valence-electron chi connectivity index (χ3n) is 10.8. The second kappa shape index (κ2) is 13.1. The van der Waals surface area contributed by atoms with E-state index in [1.54, 1.807) is 0 Å². The molecule has 0 atom stereocenters. The van der Waals surface area contributed by atoms with Gasteiger partial charge in [0.2, 0.25) is 0 Å². The molecule has 0 unspecified atom stereocenters. The van der Waals surface area contributed by atoms with Crippen molar-refractivity contribution in [2.75, 3.05) is 0 Å². The fraction of sp³-hybridized carbons (Fsp3) is 0. The molecule has 4 nitrogen and oxygen atoms in total. The monoisotopic (exact) mass is 715 g/mol. The Hall–Kier alpha value is -7.56. The molecular weight excluding hydrogens is 683 g/mol. The van der Waals surface area contributed by atoms with Crippen molar-refractivity contribution < 1.29 is 4.42 Å². The van der Waals surface area contributed by atoms with E-state index < -0.39 is 0 Å². The van der Waals surface area contributed by atoms with Crippen LogP contribution in [0.15, 0.2) is 205 Å². The lowest BCUT2D eigenvalue weighted by molar-refractivity contribution is 0.668. The molecule has 0 aliphatic rings. The zero-order valence-corrected chi connectivity index (χ0v) is 30.3. The van der Waals surface area contributed by atoms with Gasteiger partial charge in [-0.15, -0.1) is 0 Å². The molecule has 0 spiro atoms. The van der Waals surface area contributed by atoms with Crippen molar-refractivity contribution in [2.45, 2.75) is 0 Å². The van der Waals surface area contributed by atoms with Gasteiger partial charge < -0.3 is 8.98 Å². The maximum atomic E-state index is 6.90. The summed E-state index contributed by atoms with van der Waals surface area (Å²) in [7, 11) is 0. The van der Waals surface area contributed by atoms with E-state index in [1.807, 2.05) is 24.3 Å². The molecule has 3 heterocycles. The molecular formula is C52H33N3O. The lowest BCUT2D eigenvalue weighted by atomic mass is 9.97. The minimum Gasteiger partial charge on any atom is -0.451 e. The van der Waals surface area contributed by atoms with Crippen molar-refractivity contribution in [2.24, 2.45) is 0 Å². The van der Waals surface area contributed by atoms with E-state index in [1.165, 1.54) is 27.4 Å². The second-order valence-electron chi connectivity index (χ2n) is 14.2. The molecule has 0 fully saturated rings. The zero-order chi connectivity index (χ0) is 37.0. The Labute approximate surface area is 323 Å². The molecule has 8 aromatic carbocycles. The van der Waals surface area contributed by atoms with E-state index in [4.69, 9.17) is 14.4 Å². The first-order valence-corrected chi connectivity index (χ1v) is 18.9. The average molecular weight is 716 g/mol. The molecule has 0 aliphatic heterocycles. The number of nitrogens with zero attached hydrogens (tertiary/aromatic N) is 3. The van der Waals surface area contributed by atoms with Crippen molar-refractivity contribution in [3.05, 3.63) is 200 Å². The zero-order valence-electron chi connectivity index (χ0n) is 30.3. The molecule has 11 rings (SSSR count). The van der Waals surface area contributed by atoms with Gasteiger partial charge in [-0.1, -0.05) is 158 Å². The molecule has 0 radical (unpaired) electrons. The van der Waals surface area contributed by atoms with Crippen LogP contribution in [-0.2, 0) is 0 Å². The van der Waals surface area contributed by atoms with Crippen LogP contribution in [0.4, 0.5) is 0 Å². The third-order valence-corrected chi connectivity index (χ3v) is 10.8. The SMILES string of the molecule is c1ccc(-c2ccc(-c3nc(-c4ccccc4)nc4c3oc3c(-c5cccc(-c6ccc7c(c6)c6ccccc6n7-c6ccccc6)c5)cccc34)cc2)cc1. The van der Waals surface area contributed by atoms with Gasteiger partial charge in [0.25, 0.3) is 0 Å². The summed E-state index contributed by atoms with van der Waals surface area (Å²) in [6.45, 7) is 0. The van der Waals surface area contributed by atoms with Crippen molar-refractivity contribution >= 4 is 43.9 Å². The minimum atomic E-state index is 0.666. The molecule has 0 saturated heterocycles. The Morgan fingerprint density at radius 2 is 0.929 bits per heavy atom. The Morgan fingerprint density at radius 3 is 1.73 bits per heavy atom. The highest BCUT2D eigenvalue weighted by atomic mass is 16.3. The number of rotatable bonds is 6. The predicted octanol–water partition coefficient (Wildman–Crippen LogP) is 13.8. The van der Waals surface area contributed by atoms with E-state index >= 15 is 0 Å². The standard InChI is InChI=1S/C52H33N3O/c1-4-14-34(15-5-1)35-26-28-36(29-27-35)48-51-49(54-52(53-48)37-16-6-2-7-17-37)44-24-13-23-42(50(44)56-51)40-19-12-18-38(32-40)39-30-31-47-45(33-39)43-22-10-11-25-46(43)55(47)41-20-8-3-9-21-41/h1-33H. The number of para-hydroxylation sites is 3. The van der Waals surface area contributed by atoms with Crippen LogP contribution in [0.3, 0.4) is 0 Å². The first-order chi connectivity index (χ1) is 27.8. The molecule has 11 aromatic rings. The topological polar surface area (TPSA) is 43.9 Å². The van der Waals surface area contributed by atoms with Gasteiger partial charge in [0.15, 0.2) is 11.4 Å². The Bertz CT molecular complexity index is 3220. The summed E-state index contributed by atoms with van der Waals surface area (Å²) in [5.41, 5.74) is 15.2. The summed E-state index contributed by atoms with van der Waals surface area (Å²) < 4.78 is 9.25. The van der Waals surface area contributed by atoms with Gasteiger partial charge in [-0.2, -0.15) is 0 Å². The van der Waals surface area contributed by atoms with Gasteiger partial charge in [-0.25, -0.2) is 9.97 Å². The van der Waals surface area contributed by atoms with Gasteiger partial charge in [0.1, 0.15) is 16.8 Å². The van der Waals surface area contributed by atoms with Gasteiger partial charge in [-0.3, -0.25) is 0 Å². The predicted molar refractivity (Wildman–Crippen MR) is 231 cm³/mol. The number of benzene rings is 8. The fourth-order valence-electron chi connectivity index (χ4n) is 8.13. The van der Waals surface area contributed by atoms with E-state index in [2.05, 4.69) is 180 Å². The van der Waals surface area contributed by atoms with E-state index in [0.29, 0.717) is 11.4 Å². The number of fused-ring (bicyclic) bond motifs is 6. The van der Waals surface area contributed by atoms with Crippen molar-refractivity contribution in [1.29, 1.82) is 0 Å². The third kappa shape index (κ3) is 5.31. The highest BCUT2D eigenvalue weighted by Gasteiger charge is 2.21. The first-order valence-electron chi connectivity index (χ1n) is 18.9. The van der Waals surface area contributed by atoms with Gasteiger partial charge in [0, 0.05) is 38.5 Å². The van der Waals surface area contributed by atoms with Crippen LogP contribution in [0.2, 0.25) is 0 Å². The molecule has 56 heavy (non-hydrogen) atoms. The Kier molecular flexibility index (Phi) is 7.46. The Morgan fingerprint density at radius 1 is 0.357 bits per heavy atom. The maximum absolute atomic E-state index is 6.90. The maximum Gasteiger partial charge on any atom is 0.180 e.